The molecule has 0 aliphatic heterocycles. The second-order valence-corrected chi connectivity index (χ2v) is 3.72. The van der Waals surface area contributed by atoms with Crippen molar-refractivity contribution < 1.29 is 0 Å². The van der Waals surface area contributed by atoms with Gasteiger partial charge in [-0.15, -0.1) is 0 Å². The largest absolute Gasteiger partial charge is 0.329 e. The van der Waals surface area contributed by atoms with Crippen molar-refractivity contribution in [2.45, 2.75) is 25.3 Å². The van der Waals surface area contributed by atoms with Crippen molar-refractivity contribution in [2.75, 3.05) is 0 Å². The molecule has 66 valence electrons. The molecule has 0 spiro atoms. The van der Waals surface area contributed by atoms with E-state index in [1.54, 1.807) is 0 Å². The van der Waals surface area contributed by atoms with Gasteiger partial charge in [0, 0.05) is 23.8 Å². The second kappa shape index (κ2) is 2.59. The van der Waals surface area contributed by atoms with Gasteiger partial charge in [0.25, 0.3) is 0 Å². The van der Waals surface area contributed by atoms with E-state index >= 15 is 0 Å². The lowest BCUT2D eigenvalue weighted by atomic mass is 9.93. The summed E-state index contributed by atoms with van der Waals surface area (Å²) in [5, 5.41) is 1.26. The first kappa shape index (κ1) is 7.13. The molecule has 2 heterocycles. The van der Waals surface area contributed by atoms with E-state index in [0.717, 1.165) is 5.65 Å². The Morgan fingerprint density at radius 1 is 1.31 bits per heavy atom. The third-order valence-electron chi connectivity index (χ3n) is 2.94. The standard InChI is InChI=1S/C11H12N2/c1-4-10(5-1)13-8-6-9-3-2-7-12-11(9)13/h2-3,6-8,10H,1,4-5H2. The highest BCUT2D eigenvalue weighted by Gasteiger charge is 2.20. The minimum atomic E-state index is 0.715. The second-order valence-electron chi connectivity index (χ2n) is 3.72. The molecule has 0 unspecified atom stereocenters. The van der Waals surface area contributed by atoms with E-state index in [-0.39, 0.29) is 0 Å². The van der Waals surface area contributed by atoms with E-state index in [1.807, 2.05) is 12.3 Å². The normalized spacial score (nSPS) is 17.5. The van der Waals surface area contributed by atoms with Crippen LogP contribution in [0, 0.1) is 0 Å². The maximum Gasteiger partial charge on any atom is 0.140 e. The fraction of sp³-hybridized carbons (Fsp3) is 0.364. The first-order valence-corrected chi connectivity index (χ1v) is 4.87. The molecule has 0 saturated heterocycles. The summed E-state index contributed by atoms with van der Waals surface area (Å²) < 4.78 is 2.32. The van der Waals surface area contributed by atoms with Crippen LogP contribution in [0.3, 0.4) is 0 Å². The Bertz CT molecular complexity index is 426. The summed E-state index contributed by atoms with van der Waals surface area (Å²) >= 11 is 0. The fourth-order valence-electron chi connectivity index (χ4n) is 1.95. The maximum atomic E-state index is 4.41. The first-order valence-electron chi connectivity index (χ1n) is 4.87. The zero-order valence-corrected chi connectivity index (χ0v) is 7.48. The van der Waals surface area contributed by atoms with E-state index in [9.17, 15) is 0 Å². The van der Waals surface area contributed by atoms with Gasteiger partial charge < -0.3 is 4.57 Å². The van der Waals surface area contributed by atoms with Gasteiger partial charge in [0.2, 0.25) is 0 Å². The Kier molecular flexibility index (Phi) is 1.42. The van der Waals surface area contributed by atoms with Crippen LogP contribution in [0.1, 0.15) is 25.3 Å². The molecule has 0 N–H and O–H groups in total. The Labute approximate surface area is 77.2 Å². The predicted molar refractivity (Wildman–Crippen MR) is 52.6 cm³/mol. The zero-order chi connectivity index (χ0) is 8.67. The molecule has 0 radical (unpaired) electrons. The molecule has 2 nitrogen and oxygen atoms in total. The van der Waals surface area contributed by atoms with Crippen LogP contribution in [-0.4, -0.2) is 9.55 Å². The minimum absolute atomic E-state index is 0.715. The molecule has 0 aromatic carbocycles. The highest BCUT2D eigenvalue weighted by molar-refractivity contribution is 5.75. The fourth-order valence-corrected chi connectivity index (χ4v) is 1.95. The Balaban J connectivity index is 2.17. The molecule has 1 saturated carbocycles. The first-order chi connectivity index (χ1) is 6.45. The number of fused-ring (bicyclic) bond motifs is 1. The van der Waals surface area contributed by atoms with E-state index in [0.29, 0.717) is 6.04 Å². The number of pyridine rings is 1. The number of hydrogen-bond donors (Lipinski definition) is 0. The van der Waals surface area contributed by atoms with Gasteiger partial charge in [0.1, 0.15) is 5.65 Å². The van der Waals surface area contributed by atoms with Crippen LogP contribution >= 0.6 is 0 Å². The molecular weight excluding hydrogens is 160 g/mol. The SMILES string of the molecule is c1cnc2c(c1)ccn2C1CCC1. The summed E-state index contributed by atoms with van der Waals surface area (Å²) in [5.41, 5.74) is 1.15. The lowest BCUT2D eigenvalue weighted by molar-refractivity contribution is 0.320. The molecule has 2 aromatic heterocycles. The van der Waals surface area contributed by atoms with Crippen molar-refractivity contribution >= 4 is 11.0 Å². The predicted octanol–water partition coefficient (Wildman–Crippen LogP) is 2.76. The summed E-state index contributed by atoms with van der Waals surface area (Å²) in [6.07, 6.45) is 8.05. The monoisotopic (exact) mass is 172 g/mol. The Hall–Kier alpha value is -1.31. The molecule has 1 aliphatic rings. The average Bonchev–Trinajstić information content (AvgIpc) is 2.47. The van der Waals surface area contributed by atoms with Crippen molar-refractivity contribution in [1.29, 1.82) is 0 Å². The van der Waals surface area contributed by atoms with Crippen molar-refractivity contribution in [3.05, 3.63) is 30.6 Å². The van der Waals surface area contributed by atoms with E-state index < -0.39 is 0 Å². The van der Waals surface area contributed by atoms with Crippen LogP contribution in [0.5, 0.6) is 0 Å². The molecule has 1 aliphatic carbocycles. The van der Waals surface area contributed by atoms with E-state index in [1.165, 1.54) is 24.6 Å². The molecule has 1 fully saturated rings. The summed E-state index contributed by atoms with van der Waals surface area (Å²) in [6, 6.07) is 6.98. The van der Waals surface area contributed by atoms with Crippen LogP contribution in [0.4, 0.5) is 0 Å². The number of rotatable bonds is 1. The Morgan fingerprint density at radius 2 is 2.23 bits per heavy atom. The van der Waals surface area contributed by atoms with Gasteiger partial charge in [-0.25, -0.2) is 4.98 Å². The molecule has 2 heteroatoms. The van der Waals surface area contributed by atoms with Gasteiger partial charge in [-0.2, -0.15) is 0 Å². The Morgan fingerprint density at radius 3 is 3.00 bits per heavy atom. The van der Waals surface area contributed by atoms with Crippen molar-refractivity contribution in [3.8, 4) is 0 Å². The van der Waals surface area contributed by atoms with E-state index in [4.69, 9.17) is 0 Å². The van der Waals surface area contributed by atoms with Crippen molar-refractivity contribution in [1.82, 2.24) is 9.55 Å². The number of nitrogens with zero attached hydrogens (tertiary/aromatic N) is 2. The van der Waals surface area contributed by atoms with Crippen molar-refractivity contribution in [3.63, 3.8) is 0 Å². The third-order valence-corrected chi connectivity index (χ3v) is 2.94. The van der Waals surface area contributed by atoms with E-state index in [2.05, 4.69) is 27.9 Å². The molecule has 0 bridgehead atoms. The van der Waals surface area contributed by atoms with Crippen LogP contribution in [-0.2, 0) is 0 Å². The maximum absolute atomic E-state index is 4.41. The summed E-state index contributed by atoms with van der Waals surface area (Å²) in [4.78, 5) is 4.41. The van der Waals surface area contributed by atoms with Crippen LogP contribution in [0.2, 0.25) is 0 Å². The number of hydrogen-bond acceptors (Lipinski definition) is 1. The van der Waals surface area contributed by atoms with Gasteiger partial charge in [-0.1, -0.05) is 0 Å². The zero-order valence-electron chi connectivity index (χ0n) is 7.48. The van der Waals surface area contributed by atoms with Gasteiger partial charge >= 0.3 is 0 Å². The molecule has 13 heavy (non-hydrogen) atoms. The van der Waals surface area contributed by atoms with Crippen LogP contribution < -0.4 is 0 Å². The summed E-state index contributed by atoms with van der Waals surface area (Å²) in [5.74, 6) is 0. The quantitative estimate of drug-likeness (QED) is 0.646. The van der Waals surface area contributed by atoms with Gasteiger partial charge in [0.15, 0.2) is 0 Å². The van der Waals surface area contributed by atoms with Crippen LogP contribution in [0.15, 0.2) is 30.6 Å². The van der Waals surface area contributed by atoms with Gasteiger partial charge in [-0.05, 0) is 37.5 Å². The third kappa shape index (κ3) is 0.981. The van der Waals surface area contributed by atoms with Crippen molar-refractivity contribution in [2.24, 2.45) is 0 Å². The molecule has 0 amide bonds. The average molecular weight is 172 g/mol. The topological polar surface area (TPSA) is 17.8 Å². The molecular formula is C11H12N2. The smallest absolute Gasteiger partial charge is 0.140 e. The lowest BCUT2D eigenvalue weighted by Crippen LogP contribution is -2.16. The minimum Gasteiger partial charge on any atom is -0.329 e. The molecule has 0 atom stereocenters. The molecule has 2 aromatic rings. The highest BCUT2D eigenvalue weighted by Crippen LogP contribution is 2.33. The lowest BCUT2D eigenvalue weighted by Gasteiger charge is -2.27. The summed E-state index contributed by atoms with van der Waals surface area (Å²) in [6.45, 7) is 0. The number of aromatic nitrogens is 2. The summed E-state index contributed by atoms with van der Waals surface area (Å²) in [7, 11) is 0. The molecule has 3 rings (SSSR count). The van der Waals surface area contributed by atoms with Crippen LogP contribution in [0.25, 0.3) is 11.0 Å². The van der Waals surface area contributed by atoms with Gasteiger partial charge in [-0.3, -0.25) is 0 Å². The van der Waals surface area contributed by atoms with Gasteiger partial charge in [0.05, 0.1) is 0 Å². The highest BCUT2D eigenvalue weighted by atomic mass is 15.1.